The lowest BCUT2D eigenvalue weighted by Gasteiger charge is -2.13. The van der Waals surface area contributed by atoms with Crippen LogP contribution in [-0.2, 0) is 14.3 Å². The second-order valence-electron chi connectivity index (χ2n) is 4.85. The zero-order valence-electron chi connectivity index (χ0n) is 12.6. The molecule has 1 heterocycles. The molecule has 0 unspecified atom stereocenters. The highest BCUT2D eigenvalue weighted by molar-refractivity contribution is 7.12. The molecule has 2 aromatic rings. The summed E-state index contributed by atoms with van der Waals surface area (Å²) in [4.78, 5) is 35.3. The number of hydrogen-bond donors (Lipinski definition) is 2. The SMILES string of the molecule is COC(=O)c1sccc1NC(=O)C[C@H](C(=O)O)c1ccc(F)cc1. The zero-order valence-corrected chi connectivity index (χ0v) is 13.4. The van der Waals surface area contributed by atoms with E-state index in [4.69, 9.17) is 0 Å². The number of methoxy groups -OCH3 is 1. The molecular weight excluding hydrogens is 337 g/mol. The molecule has 1 aromatic heterocycles. The Hall–Kier alpha value is -2.74. The summed E-state index contributed by atoms with van der Waals surface area (Å²) in [5, 5.41) is 13.4. The van der Waals surface area contributed by atoms with E-state index >= 15 is 0 Å². The molecule has 0 radical (unpaired) electrons. The van der Waals surface area contributed by atoms with Crippen molar-refractivity contribution in [2.24, 2.45) is 0 Å². The predicted molar refractivity (Wildman–Crippen MR) is 85.7 cm³/mol. The van der Waals surface area contributed by atoms with Gasteiger partial charge in [-0.05, 0) is 29.1 Å². The lowest BCUT2D eigenvalue weighted by molar-refractivity contribution is -0.140. The summed E-state index contributed by atoms with van der Waals surface area (Å²) in [6, 6.07) is 6.45. The molecule has 0 aliphatic heterocycles. The Morgan fingerprint density at radius 2 is 1.92 bits per heavy atom. The fourth-order valence-electron chi connectivity index (χ4n) is 2.09. The summed E-state index contributed by atoms with van der Waals surface area (Å²) < 4.78 is 17.6. The molecule has 24 heavy (non-hydrogen) atoms. The topological polar surface area (TPSA) is 92.7 Å². The molecule has 6 nitrogen and oxygen atoms in total. The van der Waals surface area contributed by atoms with Gasteiger partial charge in [0.05, 0.1) is 18.7 Å². The van der Waals surface area contributed by atoms with Gasteiger partial charge < -0.3 is 15.2 Å². The Morgan fingerprint density at radius 3 is 2.50 bits per heavy atom. The van der Waals surface area contributed by atoms with Crippen molar-refractivity contribution in [1.29, 1.82) is 0 Å². The van der Waals surface area contributed by atoms with Gasteiger partial charge in [-0.2, -0.15) is 0 Å². The van der Waals surface area contributed by atoms with Crippen molar-refractivity contribution >= 4 is 34.9 Å². The van der Waals surface area contributed by atoms with Crippen LogP contribution < -0.4 is 5.32 Å². The minimum atomic E-state index is -1.20. The number of esters is 1. The van der Waals surface area contributed by atoms with Crippen LogP contribution in [0.25, 0.3) is 0 Å². The number of carboxylic acids is 1. The molecule has 8 heteroatoms. The van der Waals surface area contributed by atoms with E-state index in [9.17, 15) is 23.9 Å². The molecule has 0 spiro atoms. The number of benzene rings is 1. The van der Waals surface area contributed by atoms with Gasteiger partial charge in [-0.15, -0.1) is 11.3 Å². The van der Waals surface area contributed by atoms with Crippen LogP contribution in [0.4, 0.5) is 10.1 Å². The van der Waals surface area contributed by atoms with Gasteiger partial charge in [-0.25, -0.2) is 9.18 Å². The Bertz CT molecular complexity index is 756. The molecular formula is C16H14FNO5S. The Balaban J connectivity index is 2.12. The van der Waals surface area contributed by atoms with E-state index < -0.39 is 29.6 Å². The van der Waals surface area contributed by atoms with Crippen LogP contribution in [0.1, 0.15) is 27.6 Å². The molecule has 1 aromatic carbocycles. The summed E-state index contributed by atoms with van der Waals surface area (Å²) in [5.41, 5.74) is 0.581. The zero-order chi connectivity index (χ0) is 17.7. The first-order valence-corrected chi connectivity index (χ1v) is 7.74. The average molecular weight is 351 g/mol. The molecule has 1 atom stereocenters. The molecule has 2 N–H and O–H groups in total. The third-order valence-electron chi connectivity index (χ3n) is 3.27. The number of thiophene rings is 1. The summed E-state index contributed by atoms with van der Waals surface area (Å²) >= 11 is 1.10. The number of carbonyl (C=O) groups is 3. The molecule has 0 fully saturated rings. The van der Waals surface area contributed by atoms with E-state index in [0.717, 1.165) is 23.5 Å². The predicted octanol–water partition coefficient (Wildman–Crippen LogP) is 2.87. The minimum Gasteiger partial charge on any atom is -0.481 e. The standard InChI is InChI=1S/C16H14FNO5S/c1-23-16(22)14-12(6-7-24-14)18-13(19)8-11(15(20)21)9-2-4-10(17)5-3-9/h2-7,11H,8H2,1H3,(H,18,19)(H,20,21)/t11-/m0/s1. The van der Waals surface area contributed by atoms with Crippen LogP contribution in [0.2, 0.25) is 0 Å². The van der Waals surface area contributed by atoms with E-state index in [-0.39, 0.29) is 17.0 Å². The van der Waals surface area contributed by atoms with Gasteiger partial charge in [0, 0.05) is 6.42 Å². The van der Waals surface area contributed by atoms with Crippen molar-refractivity contribution in [2.75, 3.05) is 12.4 Å². The Morgan fingerprint density at radius 1 is 1.25 bits per heavy atom. The maximum absolute atomic E-state index is 13.0. The minimum absolute atomic E-state index is 0.222. The van der Waals surface area contributed by atoms with Crippen molar-refractivity contribution < 1.29 is 28.6 Å². The van der Waals surface area contributed by atoms with E-state index in [0.29, 0.717) is 5.56 Å². The molecule has 1 amide bonds. The van der Waals surface area contributed by atoms with Crippen LogP contribution in [0.5, 0.6) is 0 Å². The number of carboxylic acid groups (broad SMARTS) is 1. The van der Waals surface area contributed by atoms with Gasteiger partial charge >= 0.3 is 11.9 Å². The van der Waals surface area contributed by atoms with Crippen molar-refractivity contribution in [2.45, 2.75) is 12.3 Å². The molecule has 0 bridgehead atoms. The average Bonchev–Trinajstić information content (AvgIpc) is 3.00. The first-order valence-electron chi connectivity index (χ1n) is 6.86. The maximum Gasteiger partial charge on any atom is 0.350 e. The largest absolute Gasteiger partial charge is 0.481 e. The number of aliphatic carboxylic acids is 1. The van der Waals surface area contributed by atoms with Crippen LogP contribution in [0.3, 0.4) is 0 Å². The molecule has 0 saturated heterocycles. The second-order valence-corrected chi connectivity index (χ2v) is 5.77. The quantitative estimate of drug-likeness (QED) is 0.781. The number of nitrogens with one attached hydrogen (secondary N) is 1. The van der Waals surface area contributed by atoms with Crippen molar-refractivity contribution in [3.05, 3.63) is 52.0 Å². The summed E-state index contributed by atoms with van der Waals surface area (Å²) in [6.45, 7) is 0. The first kappa shape index (κ1) is 17.6. The fraction of sp³-hybridized carbons (Fsp3) is 0.188. The third kappa shape index (κ3) is 4.17. The second kappa shape index (κ2) is 7.69. The highest BCUT2D eigenvalue weighted by Crippen LogP contribution is 2.25. The molecule has 0 aliphatic rings. The fourth-order valence-corrected chi connectivity index (χ4v) is 2.85. The van der Waals surface area contributed by atoms with Crippen molar-refractivity contribution in [3.8, 4) is 0 Å². The van der Waals surface area contributed by atoms with E-state index in [1.54, 1.807) is 5.38 Å². The van der Waals surface area contributed by atoms with Gasteiger partial charge in [-0.1, -0.05) is 12.1 Å². The number of halogens is 1. The van der Waals surface area contributed by atoms with Gasteiger partial charge in [0.25, 0.3) is 0 Å². The number of rotatable bonds is 6. The molecule has 0 saturated carbocycles. The van der Waals surface area contributed by atoms with Crippen LogP contribution in [0, 0.1) is 5.82 Å². The van der Waals surface area contributed by atoms with Gasteiger partial charge in [-0.3, -0.25) is 9.59 Å². The summed E-state index contributed by atoms with van der Waals surface area (Å²) in [6.07, 6.45) is -0.350. The number of anilines is 1. The van der Waals surface area contributed by atoms with Gasteiger partial charge in [0.15, 0.2) is 0 Å². The summed E-state index contributed by atoms with van der Waals surface area (Å²) in [7, 11) is 1.22. The van der Waals surface area contributed by atoms with Gasteiger partial charge in [0.2, 0.25) is 5.91 Å². The smallest absolute Gasteiger partial charge is 0.350 e. The lowest BCUT2D eigenvalue weighted by Crippen LogP contribution is -2.21. The monoisotopic (exact) mass is 351 g/mol. The first-order chi connectivity index (χ1) is 11.4. The van der Waals surface area contributed by atoms with Crippen molar-refractivity contribution in [1.82, 2.24) is 0 Å². The third-order valence-corrected chi connectivity index (χ3v) is 4.16. The number of amides is 1. The molecule has 126 valence electrons. The van der Waals surface area contributed by atoms with Crippen LogP contribution >= 0.6 is 11.3 Å². The van der Waals surface area contributed by atoms with E-state index in [1.165, 1.54) is 25.3 Å². The highest BCUT2D eigenvalue weighted by atomic mass is 32.1. The highest BCUT2D eigenvalue weighted by Gasteiger charge is 2.24. The summed E-state index contributed by atoms with van der Waals surface area (Å²) in [5.74, 6) is -3.97. The van der Waals surface area contributed by atoms with Crippen LogP contribution in [-0.4, -0.2) is 30.1 Å². The molecule has 0 aliphatic carbocycles. The number of hydrogen-bond acceptors (Lipinski definition) is 5. The lowest BCUT2D eigenvalue weighted by atomic mass is 9.95. The molecule has 2 rings (SSSR count). The number of ether oxygens (including phenoxy) is 1. The van der Waals surface area contributed by atoms with Crippen molar-refractivity contribution in [3.63, 3.8) is 0 Å². The Kier molecular flexibility index (Phi) is 5.64. The normalized spacial score (nSPS) is 11.6. The number of carbonyl (C=O) groups excluding carboxylic acids is 2. The Labute approximate surface area is 140 Å². The van der Waals surface area contributed by atoms with E-state index in [1.807, 2.05) is 0 Å². The maximum atomic E-state index is 13.0. The van der Waals surface area contributed by atoms with E-state index in [2.05, 4.69) is 10.1 Å². The van der Waals surface area contributed by atoms with Gasteiger partial charge in [0.1, 0.15) is 10.7 Å². The van der Waals surface area contributed by atoms with Crippen LogP contribution in [0.15, 0.2) is 35.7 Å².